The van der Waals surface area contributed by atoms with Gasteiger partial charge in [-0.05, 0) is 46.2 Å². The first-order valence-electron chi connectivity index (χ1n) is 10.7. The van der Waals surface area contributed by atoms with Crippen molar-refractivity contribution in [3.8, 4) is 10.4 Å². The van der Waals surface area contributed by atoms with Gasteiger partial charge in [0.25, 0.3) is 0 Å². The molecule has 4 rings (SSSR count). The van der Waals surface area contributed by atoms with Crippen LogP contribution in [0, 0.1) is 0 Å². The van der Waals surface area contributed by atoms with Gasteiger partial charge in [-0.1, -0.05) is 69.3 Å². The van der Waals surface area contributed by atoms with E-state index in [1.807, 2.05) is 16.2 Å². The number of thiophene rings is 1. The standard InChI is InChI=1S/C26H30N2OS/c1-26(2,3)24-13-12-23(30-24)22-11-7-6-9-20(22)16-27-17-25(29)28-15-14-19-8-4-5-10-21(19)18-28/h4-13,27H,14-18H2,1-3H3. The van der Waals surface area contributed by atoms with E-state index in [-0.39, 0.29) is 11.3 Å². The molecule has 1 aliphatic heterocycles. The molecule has 0 radical (unpaired) electrons. The first-order chi connectivity index (χ1) is 14.4. The van der Waals surface area contributed by atoms with Gasteiger partial charge >= 0.3 is 0 Å². The van der Waals surface area contributed by atoms with Crippen molar-refractivity contribution in [2.24, 2.45) is 0 Å². The monoisotopic (exact) mass is 418 g/mol. The lowest BCUT2D eigenvalue weighted by molar-refractivity contribution is -0.131. The Hall–Kier alpha value is -2.43. The summed E-state index contributed by atoms with van der Waals surface area (Å²) >= 11 is 1.86. The van der Waals surface area contributed by atoms with Crippen LogP contribution in [0.2, 0.25) is 0 Å². The lowest BCUT2D eigenvalue weighted by Gasteiger charge is -2.29. The lowest BCUT2D eigenvalue weighted by Crippen LogP contribution is -2.41. The maximum absolute atomic E-state index is 12.7. The molecule has 0 atom stereocenters. The Bertz CT molecular complexity index is 1030. The van der Waals surface area contributed by atoms with Crippen molar-refractivity contribution in [3.05, 3.63) is 82.2 Å². The summed E-state index contributed by atoms with van der Waals surface area (Å²) in [4.78, 5) is 17.4. The zero-order valence-electron chi connectivity index (χ0n) is 18.1. The lowest BCUT2D eigenvalue weighted by atomic mass is 9.95. The summed E-state index contributed by atoms with van der Waals surface area (Å²) < 4.78 is 0. The van der Waals surface area contributed by atoms with Crippen molar-refractivity contribution in [3.63, 3.8) is 0 Å². The van der Waals surface area contributed by atoms with Gasteiger partial charge in [0.05, 0.1) is 6.54 Å². The van der Waals surface area contributed by atoms with Crippen LogP contribution in [0.1, 0.15) is 42.3 Å². The summed E-state index contributed by atoms with van der Waals surface area (Å²) in [6, 6.07) is 21.4. The second-order valence-electron chi connectivity index (χ2n) is 9.01. The minimum Gasteiger partial charge on any atom is -0.337 e. The Kier molecular flexibility index (Phi) is 6.07. The van der Waals surface area contributed by atoms with Crippen LogP contribution in [-0.4, -0.2) is 23.9 Å². The van der Waals surface area contributed by atoms with Crippen LogP contribution < -0.4 is 5.32 Å². The van der Waals surface area contributed by atoms with E-state index in [1.54, 1.807) is 0 Å². The second-order valence-corrected chi connectivity index (χ2v) is 10.1. The van der Waals surface area contributed by atoms with Gasteiger partial charge in [0.2, 0.25) is 5.91 Å². The first kappa shape index (κ1) is 20.8. The molecule has 30 heavy (non-hydrogen) atoms. The maximum Gasteiger partial charge on any atom is 0.236 e. The molecule has 3 aromatic rings. The topological polar surface area (TPSA) is 32.3 Å². The Morgan fingerprint density at radius 3 is 2.50 bits per heavy atom. The smallest absolute Gasteiger partial charge is 0.236 e. The zero-order valence-corrected chi connectivity index (χ0v) is 18.9. The molecule has 4 heteroatoms. The van der Waals surface area contributed by atoms with E-state index < -0.39 is 0 Å². The molecular weight excluding hydrogens is 388 g/mol. The number of hydrogen-bond acceptors (Lipinski definition) is 3. The van der Waals surface area contributed by atoms with E-state index in [0.717, 1.165) is 19.5 Å². The van der Waals surface area contributed by atoms with Crippen LogP contribution >= 0.6 is 11.3 Å². The van der Waals surface area contributed by atoms with Crippen molar-refractivity contribution >= 4 is 17.2 Å². The summed E-state index contributed by atoms with van der Waals surface area (Å²) in [6.45, 7) is 9.34. The highest BCUT2D eigenvalue weighted by molar-refractivity contribution is 7.15. The largest absolute Gasteiger partial charge is 0.337 e. The van der Waals surface area contributed by atoms with E-state index in [2.05, 4.69) is 86.8 Å². The molecule has 156 valence electrons. The molecule has 0 bridgehead atoms. The SMILES string of the molecule is CC(C)(C)c1ccc(-c2ccccc2CNCC(=O)N2CCc3ccccc3C2)s1. The Morgan fingerprint density at radius 1 is 1.00 bits per heavy atom. The van der Waals surface area contributed by atoms with Gasteiger partial charge in [-0.25, -0.2) is 0 Å². The maximum atomic E-state index is 12.7. The van der Waals surface area contributed by atoms with E-state index in [1.165, 1.54) is 32.0 Å². The number of fused-ring (bicyclic) bond motifs is 1. The van der Waals surface area contributed by atoms with E-state index in [9.17, 15) is 4.79 Å². The van der Waals surface area contributed by atoms with Gasteiger partial charge in [-0.3, -0.25) is 4.79 Å². The predicted molar refractivity (Wildman–Crippen MR) is 126 cm³/mol. The Balaban J connectivity index is 1.38. The van der Waals surface area contributed by atoms with Gasteiger partial charge in [0.15, 0.2) is 0 Å². The van der Waals surface area contributed by atoms with Crippen LogP contribution in [0.5, 0.6) is 0 Å². The van der Waals surface area contributed by atoms with Gasteiger partial charge in [-0.15, -0.1) is 11.3 Å². The molecule has 0 saturated carbocycles. The van der Waals surface area contributed by atoms with E-state index in [4.69, 9.17) is 0 Å². The highest BCUT2D eigenvalue weighted by Gasteiger charge is 2.20. The number of rotatable bonds is 5. The number of carbonyl (C=O) groups excluding carboxylic acids is 1. The normalized spacial score (nSPS) is 13.9. The van der Waals surface area contributed by atoms with Crippen LogP contribution in [0.25, 0.3) is 10.4 Å². The third kappa shape index (κ3) is 4.66. The number of nitrogens with one attached hydrogen (secondary N) is 1. The summed E-state index contributed by atoms with van der Waals surface area (Å²) in [7, 11) is 0. The first-order valence-corrected chi connectivity index (χ1v) is 11.5. The van der Waals surface area contributed by atoms with Crippen LogP contribution in [-0.2, 0) is 29.7 Å². The highest BCUT2D eigenvalue weighted by Crippen LogP contribution is 2.36. The van der Waals surface area contributed by atoms with Gasteiger partial charge in [0, 0.05) is 29.4 Å². The minimum atomic E-state index is 0.162. The number of amides is 1. The second kappa shape index (κ2) is 8.75. The quantitative estimate of drug-likeness (QED) is 0.603. The number of carbonyl (C=O) groups is 1. The average Bonchev–Trinajstić information content (AvgIpc) is 3.24. The summed E-state index contributed by atoms with van der Waals surface area (Å²) in [6.07, 6.45) is 0.944. The van der Waals surface area contributed by atoms with E-state index in [0.29, 0.717) is 13.1 Å². The molecule has 0 unspecified atom stereocenters. The fraction of sp³-hybridized carbons (Fsp3) is 0.346. The third-order valence-corrected chi connectivity index (χ3v) is 7.25. The fourth-order valence-electron chi connectivity index (χ4n) is 3.93. The van der Waals surface area contributed by atoms with Crippen molar-refractivity contribution in [1.82, 2.24) is 10.2 Å². The number of nitrogens with zero attached hydrogens (tertiary/aromatic N) is 1. The van der Waals surface area contributed by atoms with Crippen molar-refractivity contribution in [2.75, 3.05) is 13.1 Å². The molecule has 1 aromatic heterocycles. The number of benzene rings is 2. The zero-order chi connectivity index (χ0) is 21.1. The van der Waals surface area contributed by atoms with Crippen LogP contribution in [0.3, 0.4) is 0 Å². The van der Waals surface area contributed by atoms with Gasteiger partial charge in [-0.2, -0.15) is 0 Å². The average molecular weight is 419 g/mol. The fourth-order valence-corrected chi connectivity index (χ4v) is 5.05. The Labute approximate surface area is 183 Å². The minimum absolute atomic E-state index is 0.162. The van der Waals surface area contributed by atoms with Crippen molar-refractivity contribution in [2.45, 2.75) is 45.7 Å². The molecule has 2 heterocycles. The molecule has 0 fully saturated rings. The third-order valence-electron chi connectivity index (χ3n) is 5.70. The summed E-state index contributed by atoms with van der Waals surface area (Å²) in [5.74, 6) is 0.174. The predicted octanol–water partition coefficient (Wildman–Crippen LogP) is 5.39. The van der Waals surface area contributed by atoms with Crippen LogP contribution in [0.4, 0.5) is 0 Å². The molecule has 0 aliphatic carbocycles. The van der Waals surface area contributed by atoms with Crippen molar-refractivity contribution in [1.29, 1.82) is 0 Å². The Morgan fingerprint density at radius 2 is 1.73 bits per heavy atom. The highest BCUT2D eigenvalue weighted by atomic mass is 32.1. The number of hydrogen-bond donors (Lipinski definition) is 1. The molecule has 1 N–H and O–H groups in total. The van der Waals surface area contributed by atoms with Crippen LogP contribution in [0.15, 0.2) is 60.7 Å². The molecule has 0 saturated heterocycles. The van der Waals surface area contributed by atoms with E-state index >= 15 is 0 Å². The molecule has 3 nitrogen and oxygen atoms in total. The molecule has 0 spiro atoms. The molecule has 1 amide bonds. The summed E-state index contributed by atoms with van der Waals surface area (Å²) in [5.41, 5.74) is 5.29. The van der Waals surface area contributed by atoms with Crippen molar-refractivity contribution < 1.29 is 4.79 Å². The molecular formula is C26H30N2OS. The molecule has 2 aromatic carbocycles. The summed E-state index contributed by atoms with van der Waals surface area (Å²) in [5, 5.41) is 3.38. The molecule has 1 aliphatic rings. The van der Waals surface area contributed by atoms with Gasteiger partial charge in [0.1, 0.15) is 0 Å². The van der Waals surface area contributed by atoms with Gasteiger partial charge < -0.3 is 10.2 Å².